The molecule has 1 aromatic carbocycles. The highest BCUT2D eigenvalue weighted by molar-refractivity contribution is 5.99. The number of nitrogens with zero attached hydrogens (tertiary/aromatic N) is 3. The summed E-state index contributed by atoms with van der Waals surface area (Å²) >= 11 is 0. The zero-order valence-electron chi connectivity index (χ0n) is 17.6. The molecule has 0 amide bonds. The summed E-state index contributed by atoms with van der Waals surface area (Å²) in [7, 11) is 0. The van der Waals surface area contributed by atoms with Crippen LogP contribution in [0.15, 0.2) is 35.6 Å². The van der Waals surface area contributed by atoms with Crippen LogP contribution in [0.3, 0.4) is 0 Å². The van der Waals surface area contributed by atoms with Crippen LogP contribution in [0.1, 0.15) is 70.9 Å². The number of aromatic nitrogens is 1. The van der Waals surface area contributed by atoms with E-state index in [0.29, 0.717) is 11.5 Å². The van der Waals surface area contributed by atoms with Gasteiger partial charge in [0.2, 0.25) is 0 Å². The fraction of sp³-hybridized carbons (Fsp3) is 0.625. The first kappa shape index (κ1) is 19.5. The maximum atomic E-state index is 9.00. The van der Waals surface area contributed by atoms with E-state index in [2.05, 4.69) is 65.9 Å². The summed E-state index contributed by atoms with van der Waals surface area (Å²) in [6, 6.07) is 9.78. The lowest BCUT2D eigenvalue weighted by Gasteiger charge is -2.43. The molecule has 1 aromatic heterocycles. The molecule has 152 valence electrons. The van der Waals surface area contributed by atoms with E-state index in [9.17, 15) is 0 Å². The Morgan fingerprint density at radius 1 is 0.964 bits per heavy atom. The second-order valence-electron chi connectivity index (χ2n) is 9.89. The van der Waals surface area contributed by atoms with E-state index in [1.54, 1.807) is 6.21 Å². The second-order valence-corrected chi connectivity index (χ2v) is 9.89. The van der Waals surface area contributed by atoms with Gasteiger partial charge >= 0.3 is 0 Å². The summed E-state index contributed by atoms with van der Waals surface area (Å²) in [5.41, 5.74) is 2.71. The van der Waals surface area contributed by atoms with E-state index in [0.717, 1.165) is 17.5 Å². The molecule has 0 atom stereocenters. The van der Waals surface area contributed by atoms with E-state index in [-0.39, 0.29) is 0 Å². The molecule has 1 aliphatic heterocycles. The number of oxime groups is 1. The van der Waals surface area contributed by atoms with Gasteiger partial charge in [0.05, 0.1) is 6.21 Å². The Morgan fingerprint density at radius 2 is 1.64 bits per heavy atom. The zero-order chi connectivity index (χ0) is 19.7. The highest BCUT2D eigenvalue weighted by Gasteiger charge is 2.33. The third-order valence-corrected chi connectivity index (χ3v) is 7.30. The highest BCUT2D eigenvalue weighted by atomic mass is 16.4. The summed E-state index contributed by atoms with van der Waals surface area (Å²) in [6.07, 6.45) is 11.6. The molecule has 4 heteroatoms. The van der Waals surface area contributed by atoms with Gasteiger partial charge in [0.25, 0.3) is 0 Å². The smallest absolute Gasteiger partial charge is 0.0755 e. The van der Waals surface area contributed by atoms with Crippen molar-refractivity contribution in [2.75, 3.05) is 13.1 Å². The Labute approximate surface area is 169 Å². The number of benzene rings is 1. The van der Waals surface area contributed by atoms with Crippen LogP contribution in [-0.2, 0) is 0 Å². The largest absolute Gasteiger partial charge is 0.411 e. The van der Waals surface area contributed by atoms with Gasteiger partial charge in [-0.05, 0) is 55.9 Å². The van der Waals surface area contributed by atoms with E-state index >= 15 is 0 Å². The number of para-hydroxylation sites is 1. The first-order valence-electron chi connectivity index (χ1n) is 11.0. The third kappa shape index (κ3) is 3.84. The van der Waals surface area contributed by atoms with Gasteiger partial charge in [-0.15, -0.1) is 0 Å². The molecule has 1 aliphatic carbocycles. The quantitative estimate of drug-likeness (QED) is 0.421. The van der Waals surface area contributed by atoms with Crippen LogP contribution < -0.4 is 0 Å². The monoisotopic (exact) mass is 381 g/mol. The van der Waals surface area contributed by atoms with Crippen molar-refractivity contribution in [2.45, 2.75) is 71.4 Å². The van der Waals surface area contributed by atoms with Gasteiger partial charge in [0, 0.05) is 47.8 Å². The lowest BCUT2D eigenvalue weighted by Crippen LogP contribution is -2.44. The Hall–Kier alpha value is -1.81. The Kier molecular flexibility index (Phi) is 5.50. The molecule has 4 nitrogen and oxygen atoms in total. The van der Waals surface area contributed by atoms with E-state index in [1.165, 1.54) is 62.5 Å². The predicted octanol–water partition coefficient (Wildman–Crippen LogP) is 5.69. The summed E-state index contributed by atoms with van der Waals surface area (Å²) < 4.78 is 2.42. The number of fused-ring (bicyclic) bond motifs is 1. The van der Waals surface area contributed by atoms with Crippen LogP contribution in [0.25, 0.3) is 10.9 Å². The summed E-state index contributed by atoms with van der Waals surface area (Å²) in [4.78, 5) is 2.76. The number of likely N-dealkylation sites (tertiary alicyclic amines) is 1. The average molecular weight is 382 g/mol. The van der Waals surface area contributed by atoms with Gasteiger partial charge in [0.15, 0.2) is 0 Å². The van der Waals surface area contributed by atoms with Crippen molar-refractivity contribution in [3.63, 3.8) is 0 Å². The van der Waals surface area contributed by atoms with Crippen LogP contribution in [-0.4, -0.2) is 40.0 Å². The third-order valence-electron chi connectivity index (χ3n) is 7.30. The van der Waals surface area contributed by atoms with Crippen molar-refractivity contribution in [3.05, 3.63) is 36.0 Å². The number of hydrogen-bond acceptors (Lipinski definition) is 3. The molecule has 4 rings (SSSR count). The predicted molar refractivity (Wildman–Crippen MR) is 116 cm³/mol. The Balaban J connectivity index is 1.41. The van der Waals surface area contributed by atoms with Crippen molar-refractivity contribution in [1.82, 2.24) is 9.47 Å². The lowest BCUT2D eigenvalue weighted by molar-refractivity contribution is 0.0723. The maximum absolute atomic E-state index is 9.00. The van der Waals surface area contributed by atoms with Crippen molar-refractivity contribution in [1.29, 1.82) is 0 Å². The van der Waals surface area contributed by atoms with Crippen LogP contribution in [0.5, 0.6) is 0 Å². The molecule has 0 spiro atoms. The van der Waals surface area contributed by atoms with Crippen molar-refractivity contribution in [3.8, 4) is 0 Å². The number of piperidine rings is 1. The zero-order valence-corrected chi connectivity index (χ0v) is 17.6. The second kappa shape index (κ2) is 7.90. The molecule has 1 N–H and O–H groups in total. The highest BCUT2D eigenvalue weighted by Crippen LogP contribution is 2.40. The molecule has 1 saturated heterocycles. The minimum absolute atomic E-state index is 0.461. The van der Waals surface area contributed by atoms with Crippen LogP contribution in [0.4, 0.5) is 0 Å². The average Bonchev–Trinajstić information content (AvgIpc) is 3.07. The topological polar surface area (TPSA) is 40.8 Å². The van der Waals surface area contributed by atoms with Gasteiger partial charge in [-0.2, -0.15) is 0 Å². The number of rotatable bonds is 3. The lowest BCUT2D eigenvalue weighted by atomic mass is 9.71. The molecule has 0 unspecified atom stereocenters. The van der Waals surface area contributed by atoms with Gasteiger partial charge in [-0.3, -0.25) is 0 Å². The molecule has 2 heterocycles. The first-order valence-corrected chi connectivity index (χ1v) is 11.0. The summed E-state index contributed by atoms with van der Waals surface area (Å²) in [5.74, 6) is 0.888. The minimum Gasteiger partial charge on any atom is -0.411 e. The molecule has 28 heavy (non-hydrogen) atoms. The molecule has 2 aliphatic rings. The van der Waals surface area contributed by atoms with Gasteiger partial charge in [-0.25, -0.2) is 0 Å². The Bertz CT molecular complexity index is 816. The molecular formula is C24H35N3O. The normalized spacial score (nSPS) is 25.7. The summed E-state index contributed by atoms with van der Waals surface area (Å²) in [5, 5.41) is 13.4. The van der Waals surface area contributed by atoms with Gasteiger partial charge in [-0.1, -0.05) is 44.1 Å². The molecule has 0 radical (unpaired) electrons. The fourth-order valence-electron chi connectivity index (χ4n) is 5.54. The van der Waals surface area contributed by atoms with Crippen LogP contribution in [0, 0.1) is 11.3 Å². The number of hydrogen-bond donors (Lipinski definition) is 1. The molecular weight excluding hydrogens is 346 g/mol. The van der Waals surface area contributed by atoms with Crippen LogP contribution >= 0.6 is 0 Å². The van der Waals surface area contributed by atoms with Gasteiger partial charge < -0.3 is 14.7 Å². The summed E-state index contributed by atoms with van der Waals surface area (Å²) in [6.45, 7) is 9.61. The maximum Gasteiger partial charge on any atom is 0.0755 e. The first-order chi connectivity index (χ1) is 13.5. The van der Waals surface area contributed by atoms with E-state index in [4.69, 9.17) is 5.21 Å². The molecule has 2 fully saturated rings. The standard InChI is InChI=1S/C24H35N3O/c1-24(2,3)19-8-10-20(11-9-19)26-14-12-21(13-15-26)27-17-18(16-25-28)22-6-4-5-7-23(22)27/h4-7,16-17,19-21,28H,8-15H2,1-3H3/b25-16+. The van der Waals surface area contributed by atoms with E-state index < -0.39 is 0 Å². The minimum atomic E-state index is 0.461. The van der Waals surface area contributed by atoms with Crippen molar-refractivity contribution in [2.24, 2.45) is 16.5 Å². The Morgan fingerprint density at radius 3 is 2.29 bits per heavy atom. The van der Waals surface area contributed by atoms with Gasteiger partial charge in [0.1, 0.15) is 0 Å². The van der Waals surface area contributed by atoms with Crippen LogP contribution in [0.2, 0.25) is 0 Å². The molecule has 1 saturated carbocycles. The van der Waals surface area contributed by atoms with E-state index in [1.807, 2.05) is 0 Å². The fourth-order valence-corrected chi connectivity index (χ4v) is 5.54. The van der Waals surface area contributed by atoms with Crippen molar-refractivity contribution >= 4 is 17.1 Å². The molecule has 0 bridgehead atoms. The molecule has 2 aromatic rings. The van der Waals surface area contributed by atoms with Crippen molar-refractivity contribution < 1.29 is 5.21 Å². The SMILES string of the molecule is CC(C)(C)C1CCC(N2CCC(n3cc(/C=N/O)c4ccccc43)CC2)CC1.